The van der Waals surface area contributed by atoms with Crippen LogP contribution in [0.15, 0.2) is 12.1 Å². The zero-order valence-electron chi connectivity index (χ0n) is 10.6. The number of nitrogens with zero attached hydrogens (tertiary/aromatic N) is 1. The highest BCUT2D eigenvalue weighted by molar-refractivity contribution is 6.29. The van der Waals surface area contributed by atoms with Crippen molar-refractivity contribution in [2.24, 2.45) is 0 Å². The number of aryl methyl sites for hydroxylation is 1. The summed E-state index contributed by atoms with van der Waals surface area (Å²) in [7, 11) is 0. The van der Waals surface area contributed by atoms with Gasteiger partial charge in [0.25, 0.3) is 5.91 Å². The normalized spacial score (nSPS) is 11.7. The van der Waals surface area contributed by atoms with E-state index in [1.54, 1.807) is 0 Å². The van der Waals surface area contributed by atoms with Gasteiger partial charge in [-0.2, -0.15) is 0 Å². The summed E-state index contributed by atoms with van der Waals surface area (Å²) in [5.41, 5.74) is 0.714. The van der Waals surface area contributed by atoms with Gasteiger partial charge in [-0.15, -0.1) is 0 Å². The highest BCUT2D eigenvalue weighted by Crippen LogP contribution is 2.12. The van der Waals surface area contributed by atoms with E-state index in [1.807, 2.05) is 6.92 Å². The lowest BCUT2D eigenvalue weighted by molar-refractivity contribution is -0.145. The van der Waals surface area contributed by atoms with E-state index in [0.717, 1.165) is 0 Å². The van der Waals surface area contributed by atoms with Crippen molar-refractivity contribution in [3.8, 4) is 0 Å². The van der Waals surface area contributed by atoms with Crippen LogP contribution < -0.4 is 5.32 Å². The molecule has 0 aromatic carbocycles. The van der Waals surface area contributed by atoms with Gasteiger partial charge in [-0.1, -0.05) is 18.5 Å². The van der Waals surface area contributed by atoms with Crippen molar-refractivity contribution >= 4 is 29.4 Å². The first-order valence-corrected chi connectivity index (χ1v) is 6.13. The number of hydrogen-bond donors (Lipinski definition) is 3. The van der Waals surface area contributed by atoms with E-state index in [0.29, 0.717) is 12.1 Å². The zero-order chi connectivity index (χ0) is 15.3. The lowest BCUT2D eigenvalue weighted by Crippen LogP contribution is -2.42. The molecule has 0 radical (unpaired) electrons. The van der Waals surface area contributed by atoms with Crippen LogP contribution in [0.2, 0.25) is 5.15 Å². The summed E-state index contributed by atoms with van der Waals surface area (Å²) >= 11 is 5.75. The van der Waals surface area contributed by atoms with Crippen molar-refractivity contribution in [3.63, 3.8) is 0 Å². The molecule has 0 saturated heterocycles. The quantitative estimate of drug-likeness (QED) is 0.674. The Bertz CT molecular complexity index is 547. The van der Waals surface area contributed by atoms with Gasteiger partial charge < -0.3 is 15.5 Å². The van der Waals surface area contributed by atoms with Crippen LogP contribution in [0.3, 0.4) is 0 Å². The van der Waals surface area contributed by atoms with E-state index >= 15 is 0 Å². The number of amides is 1. The highest BCUT2D eigenvalue weighted by Gasteiger charge is 2.23. The molecule has 0 aliphatic heterocycles. The standard InChI is InChI=1S/C12H13ClN2O5/c1-2-7-3-6(4-9(13)14-7)11(18)15-8(12(19)20)5-10(16)17/h3-4,8H,2,5H2,1H3,(H,15,18)(H,16,17)(H,19,20)/t8-/m0/s1. The van der Waals surface area contributed by atoms with E-state index < -0.39 is 30.3 Å². The SMILES string of the molecule is CCc1cc(C(=O)N[C@@H](CC(=O)O)C(=O)O)cc(Cl)n1. The molecular formula is C12H13ClN2O5. The molecule has 0 fully saturated rings. The lowest BCUT2D eigenvalue weighted by atomic mass is 10.1. The molecular weight excluding hydrogens is 288 g/mol. The molecule has 7 nitrogen and oxygen atoms in total. The van der Waals surface area contributed by atoms with E-state index in [9.17, 15) is 14.4 Å². The molecule has 0 spiro atoms. The number of aromatic nitrogens is 1. The Morgan fingerprint density at radius 1 is 1.35 bits per heavy atom. The molecule has 1 atom stereocenters. The van der Waals surface area contributed by atoms with Crippen LogP contribution in [0.5, 0.6) is 0 Å². The molecule has 0 aliphatic rings. The maximum Gasteiger partial charge on any atom is 0.326 e. The monoisotopic (exact) mass is 300 g/mol. The van der Waals surface area contributed by atoms with Crippen molar-refractivity contribution in [2.75, 3.05) is 0 Å². The molecule has 0 aliphatic carbocycles. The average Bonchev–Trinajstić information content (AvgIpc) is 2.36. The summed E-state index contributed by atoms with van der Waals surface area (Å²) in [5, 5.41) is 19.7. The minimum Gasteiger partial charge on any atom is -0.481 e. The van der Waals surface area contributed by atoms with Crippen LogP contribution in [0.25, 0.3) is 0 Å². The molecule has 20 heavy (non-hydrogen) atoms. The third-order valence-corrected chi connectivity index (χ3v) is 2.65. The number of hydrogen-bond acceptors (Lipinski definition) is 4. The van der Waals surface area contributed by atoms with E-state index in [1.165, 1.54) is 12.1 Å². The van der Waals surface area contributed by atoms with E-state index in [-0.39, 0.29) is 10.7 Å². The number of halogens is 1. The first-order valence-electron chi connectivity index (χ1n) is 5.75. The Morgan fingerprint density at radius 2 is 2.00 bits per heavy atom. The molecule has 0 unspecified atom stereocenters. The van der Waals surface area contributed by atoms with Crippen molar-refractivity contribution in [1.82, 2.24) is 10.3 Å². The average molecular weight is 301 g/mol. The second-order valence-electron chi connectivity index (χ2n) is 3.99. The smallest absolute Gasteiger partial charge is 0.326 e. The largest absolute Gasteiger partial charge is 0.481 e. The van der Waals surface area contributed by atoms with Gasteiger partial charge in [0.2, 0.25) is 0 Å². The van der Waals surface area contributed by atoms with Gasteiger partial charge in [0.05, 0.1) is 6.42 Å². The summed E-state index contributed by atoms with van der Waals surface area (Å²) in [6.45, 7) is 1.82. The maximum atomic E-state index is 11.9. The molecule has 108 valence electrons. The van der Waals surface area contributed by atoms with Gasteiger partial charge in [0, 0.05) is 11.3 Å². The maximum absolute atomic E-state index is 11.9. The minimum atomic E-state index is -1.50. The predicted molar refractivity (Wildman–Crippen MR) is 69.8 cm³/mol. The van der Waals surface area contributed by atoms with Crippen LogP contribution in [-0.2, 0) is 16.0 Å². The number of pyridine rings is 1. The number of carbonyl (C=O) groups is 3. The van der Waals surface area contributed by atoms with Gasteiger partial charge in [-0.05, 0) is 18.6 Å². The van der Waals surface area contributed by atoms with Gasteiger partial charge in [0.15, 0.2) is 0 Å². The van der Waals surface area contributed by atoms with E-state index in [4.69, 9.17) is 21.8 Å². The van der Waals surface area contributed by atoms with Crippen LogP contribution in [0, 0.1) is 0 Å². The van der Waals surface area contributed by atoms with Gasteiger partial charge in [-0.3, -0.25) is 9.59 Å². The van der Waals surface area contributed by atoms with Crippen LogP contribution in [-0.4, -0.2) is 39.1 Å². The fourth-order valence-corrected chi connectivity index (χ4v) is 1.71. The first kappa shape index (κ1) is 15.9. The van der Waals surface area contributed by atoms with Gasteiger partial charge in [0.1, 0.15) is 11.2 Å². The summed E-state index contributed by atoms with van der Waals surface area (Å²) in [5.74, 6) is -3.45. The minimum absolute atomic E-state index is 0.111. The second-order valence-corrected chi connectivity index (χ2v) is 4.37. The first-order chi connectivity index (χ1) is 9.33. The van der Waals surface area contributed by atoms with Gasteiger partial charge >= 0.3 is 11.9 Å². The second kappa shape index (κ2) is 6.85. The molecule has 1 aromatic heterocycles. The Morgan fingerprint density at radius 3 is 2.50 bits per heavy atom. The third-order valence-electron chi connectivity index (χ3n) is 2.45. The summed E-state index contributed by atoms with van der Waals surface area (Å²) < 4.78 is 0. The van der Waals surface area contributed by atoms with Gasteiger partial charge in [-0.25, -0.2) is 9.78 Å². The molecule has 3 N–H and O–H groups in total. The fourth-order valence-electron chi connectivity index (χ4n) is 1.48. The molecule has 1 amide bonds. The number of carbonyl (C=O) groups excluding carboxylic acids is 1. The lowest BCUT2D eigenvalue weighted by Gasteiger charge is -2.12. The number of carboxylic acid groups (broad SMARTS) is 2. The zero-order valence-corrected chi connectivity index (χ0v) is 11.3. The molecule has 1 aromatic rings. The number of rotatable bonds is 6. The number of carboxylic acids is 2. The van der Waals surface area contributed by atoms with Crippen molar-refractivity contribution in [2.45, 2.75) is 25.8 Å². The van der Waals surface area contributed by atoms with Crippen LogP contribution >= 0.6 is 11.6 Å². The predicted octanol–water partition coefficient (Wildman–Crippen LogP) is 0.955. The Kier molecular flexibility index (Phi) is 5.45. The molecule has 1 rings (SSSR count). The van der Waals surface area contributed by atoms with Crippen molar-refractivity contribution in [3.05, 3.63) is 28.5 Å². The molecule has 0 bridgehead atoms. The van der Waals surface area contributed by atoms with Crippen molar-refractivity contribution < 1.29 is 24.6 Å². The van der Waals surface area contributed by atoms with Crippen LogP contribution in [0.1, 0.15) is 29.4 Å². The summed E-state index contributed by atoms with van der Waals surface area (Å²) in [6, 6.07) is 1.26. The molecule has 0 saturated carbocycles. The molecule has 1 heterocycles. The number of nitrogens with one attached hydrogen (secondary N) is 1. The van der Waals surface area contributed by atoms with Crippen molar-refractivity contribution in [1.29, 1.82) is 0 Å². The third kappa shape index (κ3) is 4.51. The highest BCUT2D eigenvalue weighted by atomic mass is 35.5. The molecule has 8 heteroatoms. The topological polar surface area (TPSA) is 117 Å². The van der Waals surface area contributed by atoms with E-state index in [2.05, 4.69) is 10.3 Å². The van der Waals surface area contributed by atoms with Crippen LogP contribution in [0.4, 0.5) is 0 Å². The Balaban J connectivity index is 2.91. The summed E-state index contributed by atoms with van der Waals surface area (Å²) in [6.07, 6.45) is -0.154. The Hall–Kier alpha value is -2.15. The Labute approximate surface area is 119 Å². The number of aliphatic carboxylic acids is 2. The fraction of sp³-hybridized carbons (Fsp3) is 0.333. The summed E-state index contributed by atoms with van der Waals surface area (Å²) in [4.78, 5) is 37.3.